The van der Waals surface area contributed by atoms with Gasteiger partial charge >= 0.3 is 0 Å². The van der Waals surface area contributed by atoms with Crippen LogP contribution in [0.4, 0.5) is 0 Å². The number of hydrogen-bond acceptors (Lipinski definition) is 3. The number of amides is 2. The Hall–Kier alpha value is -2.08. The van der Waals surface area contributed by atoms with Crippen LogP contribution < -0.4 is 5.32 Å². The van der Waals surface area contributed by atoms with Crippen molar-refractivity contribution in [2.24, 2.45) is 5.92 Å². The lowest BCUT2D eigenvalue weighted by molar-refractivity contribution is -0.121. The van der Waals surface area contributed by atoms with Crippen LogP contribution in [0.15, 0.2) is 29.8 Å². The fraction of sp³-hybridized carbons (Fsp3) is 0.412. The van der Waals surface area contributed by atoms with E-state index in [4.69, 9.17) is 0 Å². The van der Waals surface area contributed by atoms with Crippen molar-refractivity contribution < 1.29 is 9.59 Å². The maximum absolute atomic E-state index is 12.9. The van der Waals surface area contributed by atoms with Crippen molar-refractivity contribution in [2.45, 2.75) is 26.4 Å². The van der Waals surface area contributed by atoms with Crippen LogP contribution in [0.2, 0.25) is 0 Å². The molecule has 2 aromatic heterocycles. The molecule has 3 rings (SSSR count). The van der Waals surface area contributed by atoms with Gasteiger partial charge in [0.05, 0.1) is 11.4 Å². The summed E-state index contributed by atoms with van der Waals surface area (Å²) in [6.07, 6.45) is 2.46. The summed E-state index contributed by atoms with van der Waals surface area (Å²) < 4.78 is 2.15. The largest absolute Gasteiger partial charge is 0.359 e. The fourth-order valence-corrected chi connectivity index (χ4v) is 3.95. The van der Waals surface area contributed by atoms with E-state index in [1.54, 1.807) is 7.05 Å². The average molecular weight is 331 g/mol. The summed E-state index contributed by atoms with van der Waals surface area (Å²) in [6.45, 7) is 3.92. The monoisotopic (exact) mass is 331 g/mol. The summed E-state index contributed by atoms with van der Waals surface area (Å²) in [6, 6.07) is 6.01. The summed E-state index contributed by atoms with van der Waals surface area (Å²) in [7, 11) is 1.65. The second-order valence-corrected chi connectivity index (χ2v) is 6.93. The van der Waals surface area contributed by atoms with Crippen molar-refractivity contribution in [1.82, 2.24) is 14.8 Å². The highest BCUT2D eigenvalue weighted by Gasteiger charge is 2.27. The summed E-state index contributed by atoms with van der Waals surface area (Å²) in [5, 5.41) is 4.63. The number of rotatable bonds is 3. The quantitative estimate of drug-likeness (QED) is 0.938. The second kappa shape index (κ2) is 6.58. The van der Waals surface area contributed by atoms with Gasteiger partial charge in [-0.1, -0.05) is 0 Å². The molecule has 0 bridgehead atoms. The number of carbonyl (C=O) groups excluding carboxylic acids is 2. The molecule has 1 aliphatic heterocycles. The van der Waals surface area contributed by atoms with Crippen LogP contribution in [-0.4, -0.2) is 34.9 Å². The zero-order chi connectivity index (χ0) is 16.4. The molecule has 0 fully saturated rings. The minimum atomic E-state index is 0.0188. The third kappa shape index (κ3) is 3.32. The Kier molecular flexibility index (Phi) is 4.52. The molecule has 0 spiro atoms. The van der Waals surface area contributed by atoms with E-state index in [1.165, 1.54) is 11.3 Å². The smallest absolute Gasteiger partial charge is 0.264 e. The standard InChI is InChI=1S/C17H21N3O2S/c1-12-5-7-23-16(12)17(22)20-10-13(8-15(21)18-2)9-19-6-3-4-14(19)11-20/h3-7,13H,8-11H2,1-2H3,(H,18,21)/t13-/m0/s1. The van der Waals surface area contributed by atoms with Gasteiger partial charge in [0.25, 0.3) is 5.91 Å². The van der Waals surface area contributed by atoms with Crippen molar-refractivity contribution in [3.8, 4) is 0 Å². The van der Waals surface area contributed by atoms with E-state index in [1.807, 2.05) is 41.6 Å². The summed E-state index contributed by atoms with van der Waals surface area (Å²) in [5.41, 5.74) is 2.13. The van der Waals surface area contributed by atoms with E-state index in [0.29, 0.717) is 19.5 Å². The van der Waals surface area contributed by atoms with Crippen LogP contribution in [0.3, 0.4) is 0 Å². The number of fused-ring (bicyclic) bond motifs is 1. The first-order valence-corrected chi connectivity index (χ1v) is 8.64. The molecular weight excluding hydrogens is 310 g/mol. The first kappa shape index (κ1) is 15.8. The van der Waals surface area contributed by atoms with Crippen molar-refractivity contribution >= 4 is 23.2 Å². The Balaban J connectivity index is 1.86. The van der Waals surface area contributed by atoms with Crippen LogP contribution >= 0.6 is 11.3 Å². The van der Waals surface area contributed by atoms with E-state index in [-0.39, 0.29) is 17.7 Å². The fourth-order valence-electron chi connectivity index (χ4n) is 3.06. The van der Waals surface area contributed by atoms with Gasteiger partial charge in [-0.15, -0.1) is 11.3 Å². The van der Waals surface area contributed by atoms with Gasteiger partial charge in [-0.25, -0.2) is 0 Å². The zero-order valence-electron chi connectivity index (χ0n) is 13.4. The Morgan fingerprint density at radius 2 is 2.17 bits per heavy atom. The maximum Gasteiger partial charge on any atom is 0.264 e. The van der Waals surface area contributed by atoms with Gasteiger partial charge in [-0.3, -0.25) is 9.59 Å². The number of aromatic nitrogens is 1. The Morgan fingerprint density at radius 1 is 1.35 bits per heavy atom. The lowest BCUT2D eigenvalue weighted by Gasteiger charge is -2.23. The average Bonchev–Trinajstić information content (AvgIpc) is 3.11. The minimum absolute atomic E-state index is 0.0188. The number of hydrogen-bond donors (Lipinski definition) is 1. The predicted molar refractivity (Wildman–Crippen MR) is 90.4 cm³/mol. The number of nitrogens with zero attached hydrogens (tertiary/aromatic N) is 2. The minimum Gasteiger partial charge on any atom is -0.359 e. The number of carbonyl (C=O) groups is 2. The third-order valence-electron chi connectivity index (χ3n) is 4.31. The third-order valence-corrected chi connectivity index (χ3v) is 5.31. The molecule has 0 saturated heterocycles. The van der Waals surface area contributed by atoms with E-state index in [9.17, 15) is 9.59 Å². The van der Waals surface area contributed by atoms with Gasteiger partial charge in [0.2, 0.25) is 5.91 Å². The number of nitrogens with one attached hydrogen (secondary N) is 1. The van der Waals surface area contributed by atoms with Gasteiger partial charge in [-0.2, -0.15) is 0 Å². The van der Waals surface area contributed by atoms with Crippen LogP contribution in [-0.2, 0) is 17.9 Å². The highest BCUT2D eigenvalue weighted by molar-refractivity contribution is 7.12. The van der Waals surface area contributed by atoms with E-state index >= 15 is 0 Å². The molecular formula is C17H21N3O2S. The molecule has 23 heavy (non-hydrogen) atoms. The summed E-state index contributed by atoms with van der Waals surface area (Å²) in [4.78, 5) is 27.3. The molecule has 0 aromatic carbocycles. The van der Waals surface area contributed by atoms with Crippen molar-refractivity contribution in [2.75, 3.05) is 13.6 Å². The molecule has 122 valence electrons. The molecule has 0 radical (unpaired) electrons. The lowest BCUT2D eigenvalue weighted by Crippen LogP contribution is -2.35. The Morgan fingerprint density at radius 3 is 2.87 bits per heavy atom. The summed E-state index contributed by atoms with van der Waals surface area (Å²) in [5.74, 6) is 0.201. The molecule has 0 aliphatic carbocycles. The van der Waals surface area contributed by atoms with Crippen molar-refractivity contribution in [1.29, 1.82) is 0 Å². The molecule has 1 atom stereocenters. The first-order chi connectivity index (χ1) is 11.1. The normalized spacial score (nSPS) is 17.5. The SMILES string of the molecule is CNC(=O)C[C@@H]1CN(C(=O)c2sccc2C)Cc2cccn2C1. The Labute approximate surface area is 139 Å². The van der Waals surface area contributed by atoms with Crippen LogP contribution in [0.1, 0.15) is 27.3 Å². The Bertz CT molecular complexity index is 719. The van der Waals surface area contributed by atoms with Gasteiger partial charge in [-0.05, 0) is 36.1 Å². The van der Waals surface area contributed by atoms with E-state index in [2.05, 4.69) is 9.88 Å². The van der Waals surface area contributed by atoms with Gasteiger partial charge in [0.1, 0.15) is 0 Å². The molecule has 1 N–H and O–H groups in total. The van der Waals surface area contributed by atoms with Crippen LogP contribution in [0, 0.1) is 12.8 Å². The van der Waals surface area contributed by atoms with Gasteiger partial charge in [0.15, 0.2) is 0 Å². The number of aryl methyl sites for hydroxylation is 1. The maximum atomic E-state index is 12.9. The molecule has 5 nitrogen and oxygen atoms in total. The van der Waals surface area contributed by atoms with E-state index in [0.717, 1.165) is 22.7 Å². The topological polar surface area (TPSA) is 54.3 Å². The van der Waals surface area contributed by atoms with Crippen LogP contribution in [0.5, 0.6) is 0 Å². The molecule has 0 saturated carbocycles. The van der Waals surface area contributed by atoms with Crippen molar-refractivity contribution in [3.63, 3.8) is 0 Å². The molecule has 1 aliphatic rings. The molecule has 3 heterocycles. The highest BCUT2D eigenvalue weighted by Crippen LogP contribution is 2.24. The van der Waals surface area contributed by atoms with Crippen LogP contribution in [0.25, 0.3) is 0 Å². The molecule has 2 aromatic rings. The lowest BCUT2D eigenvalue weighted by atomic mass is 10.0. The summed E-state index contributed by atoms with van der Waals surface area (Å²) >= 11 is 1.48. The van der Waals surface area contributed by atoms with E-state index < -0.39 is 0 Å². The first-order valence-electron chi connectivity index (χ1n) is 7.76. The van der Waals surface area contributed by atoms with Crippen molar-refractivity contribution in [3.05, 3.63) is 45.9 Å². The van der Waals surface area contributed by atoms with Gasteiger partial charge < -0.3 is 14.8 Å². The number of thiophene rings is 1. The molecule has 6 heteroatoms. The molecule has 0 unspecified atom stereocenters. The predicted octanol–water partition coefficient (Wildman–Crippen LogP) is 2.27. The zero-order valence-corrected chi connectivity index (χ0v) is 14.2. The highest BCUT2D eigenvalue weighted by atomic mass is 32.1. The molecule has 2 amide bonds. The van der Waals surface area contributed by atoms with Gasteiger partial charge in [0, 0.05) is 44.4 Å². The second-order valence-electron chi connectivity index (χ2n) is 6.01.